The molecule has 22 heavy (non-hydrogen) atoms. The van der Waals surface area contributed by atoms with Crippen LogP contribution in [0.15, 0.2) is 18.2 Å². The first kappa shape index (κ1) is 14.9. The molecule has 5 nitrogen and oxygen atoms in total. The highest BCUT2D eigenvalue weighted by Crippen LogP contribution is 2.25. The minimum atomic E-state index is -0.393. The van der Waals surface area contributed by atoms with Crippen LogP contribution in [0.1, 0.15) is 37.3 Å². The summed E-state index contributed by atoms with van der Waals surface area (Å²) in [7, 11) is 0. The van der Waals surface area contributed by atoms with E-state index in [1.54, 1.807) is 11.8 Å². The Morgan fingerprint density at radius 3 is 3.00 bits per heavy atom. The van der Waals surface area contributed by atoms with Crippen molar-refractivity contribution >= 4 is 11.8 Å². The number of nitrogens with zero attached hydrogens (tertiary/aromatic N) is 1. The van der Waals surface area contributed by atoms with E-state index in [-0.39, 0.29) is 11.8 Å². The van der Waals surface area contributed by atoms with Gasteiger partial charge < -0.3 is 15.0 Å². The molecule has 0 aliphatic carbocycles. The summed E-state index contributed by atoms with van der Waals surface area (Å²) in [5.74, 6) is 0.940. The molecular weight excluding hydrogens is 280 g/mol. The number of benzene rings is 1. The molecule has 2 aliphatic heterocycles. The molecule has 1 unspecified atom stereocenters. The van der Waals surface area contributed by atoms with Crippen molar-refractivity contribution in [2.45, 2.75) is 45.2 Å². The highest BCUT2D eigenvalue weighted by Gasteiger charge is 2.29. The molecule has 2 heterocycles. The third kappa shape index (κ3) is 3.08. The summed E-state index contributed by atoms with van der Waals surface area (Å²) >= 11 is 0. The molecule has 1 aromatic carbocycles. The molecule has 0 saturated carbocycles. The van der Waals surface area contributed by atoms with Gasteiger partial charge in [-0.15, -0.1) is 0 Å². The number of nitrogens with one attached hydrogen (secondary N) is 1. The van der Waals surface area contributed by atoms with Gasteiger partial charge in [0.25, 0.3) is 0 Å². The van der Waals surface area contributed by atoms with Crippen LogP contribution in [0.25, 0.3) is 0 Å². The summed E-state index contributed by atoms with van der Waals surface area (Å²) in [6.45, 7) is 3.74. The van der Waals surface area contributed by atoms with E-state index in [0.29, 0.717) is 19.5 Å². The number of amides is 2. The fraction of sp³-hybridized carbons (Fsp3) is 0.529. The van der Waals surface area contributed by atoms with E-state index in [0.717, 1.165) is 37.2 Å². The number of aryl methyl sites for hydroxylation is 1. The van der Waals surface area contributed by atoms with Crippen molar-refractivity contribution in [3.63, 3.8) is 0 Å². The number of carbonyl (C=O) groups is 2. The second-order valence-electron chi connectivity index (χ2n) is 5.98. The first-order valence-electron chi connectivity index (χ1n) is 7.97. The predicted molar refractivity (Wildman–Crippen MR) is 82.5 cm³/mol. The quantitative estimate of drug-likeness (QED) is 0.920. The Bertz CT molecular complexity index is 585. The average Bonchev–Trinajstić information content (AvgIpc) is 2.97. The van der Waals surface area contributed by atoms with Crippen LogP contribution in [0.4, 0.5) is 0 Å². The Balaban J connectivity index is 1.57. The number of rotatable bonds is 4. The maximum absolute atomic E-state index is 12.2. The van der Waals surface area contributed by atoms with Crippen molar-refractivity contribution in [3.05, 3.63) is 29.3 Å². The van der Waals surface area contributed by atoms with Gasteiger partial charge in [0.05, 0.1) is 6.61 Å². The van der Waals surface area contributed by atoms with Crippen LogP contribution in [0.3, 0.4) is 0 Å². The van der Waals surface area contributed by atoms with Crippen molar-refractivity contribution in [1.82, 2.24) is 10.2 Å². The van der Waals surface area contributed by atoms with E-state index < -0.39 is 6.04 Å². The van der Waals surface area contributed by atoms with Crippen LogP contribution < -0.4 is 10.1 Å². The van der Waals surface area contributed by atoms with Gasteiger partial charge in [-0.05, 0) is 43.4 Å². The van der Waals surface area contributed by atoms with Gasteiger partial charge in [0, 0.05) is 19.5 Å². The minimum Gasteiger partial charge on any atom is -0.493 e. The number of hydrogen-bond acceptors (Lipinski definition) is 3. The van der Waals surface area contributed by atoms with Crippen LogP contribution >= 0.6 is 0 Å². The molecule has 0 radical (unpaired) electrons. The molecule has 1 atom stereocenters. The van der Waals surface area contributed by atoms with E-state index in [9.17, 15) is 9.59 Å². The largest absolute Gasteiger partial charge is 0.493 e. The number of likely N-dealkylation sites (tertiary alicyclic amines) is 1. The summed E-state index contributed by atoms with van der Waals surface area (Å²) in [6.07, 6.45) is 3.47. The van der Waals surface area contributed by atoms with Gasteiger partial charge in [-0.3, -0.25) is 9.59 Å². The Hall–Kier alpha value is -2.04. The zero-order valence-electron chi connectivity index (χ0n) is 12.9. The standard InChI is InChI=1S/C17H22N2O3/c1-12(19-8-2-5-16(19)20)17(21)18-11-13-6-7-15-14(10-13)4-3-9-22-15/h6-7,10,12H,2-5,8-9,11H2,1H3,(H,18,21). The first-order valence-corrected chi connectivity index (χ1v) is 7.97. The van der Waals surface area contributed by atoms with E-state index in [1.807, 2.05) is 12.1 Å². The lowest BCUT2D eigenvalue weighted by atomic mass is 10.0. The molecule has 1 N–H and O–H groups in total. The third-order valence-electron chi connectivity index (χ3n) is 4.40. The second-order valence-corrected chi connectivity index (χ2v) is 5.98. The van der Waals surface area contributed by atoms with Crippen molar-refractivity contribution < 1.29 is 14.3 Å². The molecule has 2 amide bonds. The molecule has 0 aromatic heterocycles. The van der Waals surface area contributed by atoms with Crippen LogP contribution in [0, 0.1) is 0 Å². The smallest absolute Gasteiger partial charge is 0.242 e. The van der Waals surface area contributed by atoms with Crippen LogP contribution in [0.5, 0.6) is 5.75 Å². The van der Waals surface area contributed by atoms with Gasteiger partial charge >= 0.3 is 0 Å². The Morgan fingerprint density at radius 1 is 1.36 bits per heavy atom. The van der Waals surface area contributed by atoms with Crippen LogP contribution in [0.2, 0.25) is 0 Å². The normalized spacial score (nSPS) is 18.6. The summed E-state index contributed by atoms with van der Waals surface area (Å²) in [5, 5.41) is 2.93. The van der Waals surface area contributed by atoms with Crippen molar-refractivity contribution in [3.8, 4) is 5.75 Å². The van der Waals surface area contributed by atoms with Crippen LogP contribution in [-0.2, 0) is 22.6 Å². The molecule has 0 spiro atoms. The van der Waals surface area contributed by atoms with E-state index in [1.165, 1.54) is 5.56 Å². The van der Waals surface area contributed by atoms with Crippen molar-refractivity contribution in [2.75, 3.05) is 13.2 Å². The van der Waals surface area contributed by atoms with Gasteiger partial charge in [0.15, 0.2) is 0 Å². The average molecular weight is 302 g/mol. The molecule has 0 bridgehead atoms. The lowest BCUT2D eigenvalue weighted by Gasteiger charge is -2.23. The molecule has 2 aliphatic rings. The van der Waals surface area contributed by atoms with Crippen molar-refractivity contribution in [1.29, 1.82) is 0 Å². The van der Waals surface area contributed by atoms with Gasteiger partial charge in [-0.25, -0.2) is 0 Å². The predicted octanol–water partition coefficient (Wildman–Crippen LogP) is 1.64. The van der Waals surface area contributed by atoms with Gasteiger partial charge in [0.1, 0.15) is 11.8 Å². The lowest BCUT2D eigenvalue weighted by molar-refractivity contribution is -0.136. The molecule has 1 aromatic rings. The SMILES string of the molecule is CC(C(=O)NCc1ccc2c(c1)CCCO2)N1CCCC1=O. The van der Waals surface area contributed by atoms with Crippen molar-refractivity contribution in [2.24, 2.45) is 0 Å². The summed E-state index contributed by atoms with van der Waals surface area (Å²) < 4.78 is 5.59. The van der Waals surface area contributed by atoms with Gasteiger partial charge in [-0.2, -0.15) is 0 Å². The topological polar surface area (TPSA) is 58.6 Å². The fourth-order valence-electron chi connectivity index (χ4n) is 3.08. The summed E-state index contributed by atoms with van der Waals surface area (Å²) in [6, 6.07) is 5.66. The van der Waals surface area contributed by atoms with Crippen LogP contribution in [-0.4, -0.2) is 35.9 Å². The summed E-state index contributed by atoms with van der Waals surface area (Å²) in [5.41, 5.74) is 2.28. The Morgan fingerprint density at radius 2 is 2.23 bits per heavy atom. The van der Waals surface area contributed by atoms with Gasteiger partial charge in [-0.1, -0.05) is 12.1 Å². The number of hydrogen-bond donors (Lipinski definition) is 1. The maximum atomic E-state index is 12.2. The van der Waals surface area contributed by atoms with E-state index >= 15 is 0 Å². The first-order chi connectivity index (χ1) is 10.6. The monoisotopic (exact) mass is 302 g/mol. The second kappa shape index (κ2) is 6.38. The zero-order valence-corrected chi connectivity index (χ0v) is 12.9. The maximum Gasteiger partial charge on any atom is 0.242 e. The number of fused-ring (bicyclic) bond motifs is 1. The van der Waals surface area contributed by atoms with Gasteiger partial charge in [0.2, 0.25) is 11.8 Å². The lowest BCUT2D eigenvalue weighted by Crippen LogP contribution is -2.45. The Kier molecular flexibility index (Phi) is 4.32. The molecule has 1 fully saturated rings. The van der Waals surface area contributed by atoms with E-state index in [2.05, 4.69) is 11.4 Å². The highest BCUT2D eigenvalue weighted by atomic mass is 16.5. The minimum absolute atomic E-state index is 0.0774. The van der Waals surface area contributed by atoms with E-state index in [4.69, 9.17) is 4.74 Å². The number of carbonyl (C=O) groups excluding carboxylic acids is 2. The highest BCUT2D eigenvalue weighted by molar-refractivity contribution is 5.88. The molecule has 5 heteroatoms. The molecule has 118 valence electrons. The molecule has 3 rings (SSSR count). The fourth-order valence-corrected chi connectivity index (χ4v) is 3.08. The zero-order chi connectivity index (χ0) is 15.5. The number of ether oxygens (including phenoxy) is 1. The molecular formula is C17H22N2O3. The third-order valence-corrected chi connectivity index (χ3v) is 4.40. The Labute approximate surface area is 130 Å². The summed E-state index contributed by atoms with van der Waals surface area (Å²) in [4.78, 5) is 25.6. The molecule has 1 saturated heterocycles.